The van der Waals surface area contributed by atoms with Crippen LogP contribution in [0.25, 0.3) is 0 Å². The molecule has 3 aromatic rings. The molecule has 0 spiro atoms. The van der Waals surface area contributed by atoms with Crippen LogP contribution in [-0.2, 0) is 30.8 Å². The van der Waals surface area contributed by atoms with Gasteiger partial charge in [0.1, 0.15) is 12.4 Å². The lowest BCUT2D eigenvalue weighted by atomic mass is 9.98. The molecule has 0 aliphatic carbocycles. The van der Waals surface area contributed by atoms with E-state index in [0.29, 0.717) is 17.9 Å². The highest BCUT2D eigenvalue weighted by Crippen LogP contribution is 2.23. The fraction of sp³-hybridized carbons (Fsp3) is 0.269. The molecule has 1 aliphatic heterocycles. The zero-order valence-corrected chi connectivity index (χ0v) is 18.8. The number of ether oxygens (including phenoxy) is 1. The van der Waals surface area contributed by atoms with Crippen molar-refractivity contribution in [3.05, 3.63) is 99.5 Å². The Bertz CT molecular complexity index is 1290. The van der Waals surface area contributed by atoms with Gasteiger partial charge in [0.15, 0.2) is 5.78 Å². The molecule has 1 aromatic heterocycles. The third kappa shape index (κ3) is 5.98. The SMILES string of the molecule is O=C(Cn1ccc(OCc2ccccc2)cc1=O)c1ccc2c(c1)CCN(C(=O)C(F)(F)F)CC2. The van der Waals surface area contributed by atoms with E-state index >= 15 is 0 Å². The lowest BCUT2D eigenvalue weighted by Crippen LogP contribution is -2.42. The maximum absolute atomic E-state index is 12.8. The zero-order valence-electron chi connectivity index (χ0n) is 18.8. The lowest BCUT2D eigenvalue weighted by Gasteiger charge is -2.21. The Kier molecular flexibility index (Phi) is 7.04. The number of halogens is 3. The maximum atomic E-state index is 12.8. The van der Waals surface area contributed by atoms with Gasteiger partial charge in [-0.05, 0) is 41.7 Å². The summed E-state index contributed by atoms with van der Waals surface area (Å²) in [5.74, 6) is -1.76. The Morgan fingerprint density at radius 3 is 2.31 bits per heavy atom. The smallest absolute Gasteiger partial charge is 0.471 e. The number of alkyl halides is 3. The van der Waals surface area contributed by atoms with E-state index in [1.54, 1.807) is 24.3 Å². The fourth-order valence-corrected chi connectivity index (χ4v) is 3.98. The summed E-state index contributed by atoms with van der Waals surface area (Å²) in [6.07, 6.45) is -2.93. The van der Waals surface area contributed by atoms with Crippen LogP contribution in [0.2, 0.25) is 0 Å². The van der Waals surface area contributed by atoms with Gasteiger partial charge in [-0.2, -0.15) is 13.2 Å². The number of carbonyl (C=O) groups excluding carboxylic acids is 2. The van der Waals surface area contributed by atoms with Crippen molar-refractivity contribution >= 4 is 11.7 Å². The quantitative estimate of drug-likeness (QED) is 0.500. The van der Waals surface area contributed by atoms with Gasteiger partial charge in [-0.15, -0.1) is 0 Å². The molecule has 0 bridgehead atoms. The van der Waals surface area contributed by atoms with Gasteiger partial charge in [-0.1, -0.05) is 42.5 Å². The molecule has 4 rings (SSSR count). The summed E-state index contributed by atoms with van der Waals surface area (Å²) in [7, 11) is 0. The molecule has 2 aromatic carbocycles. The average Bonchev–Trinajstić information content (AvgIpc) is 3.06. The number of benzene rings is 2. The predicted octanol–water partition coefficient (Wildman–Crippen LogP) is 3.80. The molecule has 1 aliphatic rings. The van der Waals surface area contributed by atoms with Gasteiger partial charge in [-0.25, -0.2) is 0 Å². The monoisotopic (exact) mass is 484 g/mol. The first-order valence-electron chi connectivity index (χ1n) is 11.1. The summed E-state index contributed by atoms with van der Waals surface area (Å²) in [5, 5.41) is 0. The highest BCUT2D eigenvalue weighted by Gasteiger charge is 2.42. The number of fused-ring (bicyclic) bond motifs is 1. The second-order valence-corrected chi connectivity index (χ2v) is 8.30. The largest absolute Gasteiger partial charge is 0.489 e. The van der Waals surface area contributed by atoms with Gasteiger partial charge in [0.05, 0.1) is 6.54 Å². The van der Waals surface area contributed by atoms with Crippen LogP contribution in [0.5, 0.6) is 5.75 Å². The van der Waals surface area contributed by atoms with Crippen molar-refractivity contribution in [2.24, 2.45) is 0 Å². The van der Waals surface area contributed by atoms with E-state index in [0.717, 1.165) is 21.6 Å². The highest BCUT2D eigenvalue weighted by molar-refractivity contribution is 5.96. The lowest BCUT2D eigenvalue weighted by molar-refractivity contribution is -0.185. The standard InChI is InChI=1S/C26H23F3N2O4/c27-26(28,29)25(34)30-11-8-19-6-7-21(14-20(19)9-12-30)23(32)16-31-13-10-22(15-24(31)33)35-17-18-4-2-1-3-5-18/h1-7,10,13-15H,8-9,11-12,16-17H2. The van der Waals surface area contributed by atoms with Crippen molar-refractivity contribution < 1.29 is 27.5 Å². The average molecular weight is 484 g/mol. The molecule has 0 N–H and O–H groups in total. The van der Waals surface area contributed by atoms with Gasteiger partial charge in [0.2, 0.25) is 0 Å². The Labute approximate surface area is 199 Å². The van der Waals surface area contributed by atoms with Gasteiger partial charge in [-0.3, -0.25) is 14.4 Å². The van der Waals surface area contributed by atoms with Crippen LogP contribution in [-0.4, -0.2) is 40.4 Å². The minimum absolute atomic E-state index is 0.0350. The van der Waals surface area contributed by atoms with Crippen LogP contribution in [0.4, 0.5) is 13.2 Å². The Hall–Kier alpha value is -3.88. The van der Waals surface area contributed by atoms with Gasteiger partial charge in [0, 0.05) is 30.9 Å². The molecule has 9 heteroatoms. The number of Topliss-reactive ketones (excluding diaryl/α,β-unsaturated/α-hetero) is 1. The number of carbonyl (C=O) groups is 2. The summed E-state index contributed by atoms with van der Waals surface area (Å²) in [6, 6.07) is 17.4. The van der Waals surface area contributed by atoms with Crippen LogP contribution >= 0.6 is 0 Å². The second kappa shape index (κ2) is 10.2. The first-order chi connectivity index (χ1) is 16.7. The van der Waals surface area contributed by atoms with Gasteiger partial charge in [0.25, 0.3) is 5.56 Å². The summed E-state index contributed by atoms with van der Waals surface area (Å²) < 4.78 is 45.2. The van der Waals surface area contributed by atoms with E-state index < -0.39 is 12.1 Å². The molecule has 0 saturated heterocycles. The number of amides is 1. The second-order valence-electron chi connectivity index (χ2n) is 8.30. The molecule has 0 saturated carbocycles. The number of aromatic nitrogens is 1. The van der Waals surface area contributed by atoms with Gasteiger partial charge < -0.3 is 14.2 Å². The number of rotatable bonds is 6. The van der Waals surface area contributed by atoms with E-state index in [2.05, 4.69) is 0 Å². The van der Waals surface area contributed by atoms with Crippen LogP contribution in [0, 0.1) is 0 Å². The normalized spacial score (nSPS) is 13.6. The topological polar surface area (TPSA) is 68.6 Å². The first-order valence-corrected chi connectivity index (χ1v) is 11.1. The summed E-state index contributed by atoms with van der Waals surface area (Å²) in [5.41, 5.74) is 2.46. The Balaban J connectivity index is 1.41. The minimum atomic E-state index is -4.91. The molecular formula is C26H23F3N2O4. The fourth-order valence-electron chi connectivity index (χ4n) is 3.98. The van der Waals surface area contributed by atoms with E-state index in [4.69, 9.17) is 4.74 Å². The van der Waals surface area contributed by atoms with Crippen LogP contribution < -0.4 is 10.3 Å². The Morgan fingerprint density at radius 1 is 0.914 bits per heavy atom. The van der Waals surface area contributed by atoms with Gasteiger partial charge >= 0.3 is 12.1 Å². The third-order valence-corrected chi connectivity index (χ3v) is 5.89. The van der Waals surface area contributed by atoms with Crippen molar-refractivity contribution in [3.63, 3.8) is 0 Å². The number of hydrogen-bond donors (Lipinski definition) is 0. The number of nitrogens with zero attached hydrogens (tertiary/aromatic N) is 2. The molecule has 35 heavy (non-hydrogen) atoms. The molecular weight excluding hydrogens is 461 g/mol. The summed E-state index contributed by atoms with van der Waals surface area (Å²) >= 11 is 0. The molecule has 2 heterocycles. The Morgan fingerprint density at radius 2 is 1.63 bits per heavy atom. The molecule has 6 nitrogen and oxygen atoms in total. The van der Waals surface area contributed by atoms with E-state index in [9.17, 15) is 27.6 Å². The molecule has 1 amide bonds. The number of hydrogen-bond acceptors (Lipinski definition) is 4. The van der Waals surface area contributed by atoms with E-state index in [1.807, 2.05) is 30.3 Å². The first kappa shape index (κ1) is 24.3. The van der Waals surface area contributed by atoms with E-state index in [-0.39, 0.29) is 43.8 Å². The maximum Gasteiger partial charge on any atom is 0.471 e. The number of pyridine rings is 1. The van der Waals surface area contributed by atoms with Crippen molar-refractivity contribution in [2.75, 3.05) is 13.1 Å². The summed E-state index contributed by atoms with van der Waals surface area (Å²) in [4.78, 5) is 37.7. The van der Waals surface area contributed by atoms with E-state index in [1.165, 1.54) is 16.8 Å². The van der Waals surface area contributed by atoms with Crippen LogP contribution in [0.3, 0.4) is 0 Å². The third-order valence-electron chi connectivity index (χ3n) is 5.89. The molecule has 0 fully saturated rings. The highest BCUT2D eigenvalue weighted by atomic mass is 19.4. The molecule has 0 radical (unpaired) electrons. The van der Waals surface area contributed by atoms with Crippen molar-refractivity contribution in [3.8, 4) is 5.75 Å². The summed E-state index contributed by atoms with van der Waals surface area (Å²) in [6.45, 7) is 0.0131. The number of ketones is 1. The molecule has 182 valence electrons. The van der Waals surface area contributed by atoms with Crippen molar-refractivity contribution in [1.82, 2.24) is 9.47 Å². The van der Waals surface area contributed by atoms with Crippen molar-refractivity contribution in [1.29, 1.82) is 0 Å². The predicted molar refractivity (Wildman–Crippen MR) is 122 cm³/mol. The van der Waals surface area contributed by atoms with Crippen molar-refractivity contribution in [2.45, 2.75) is 32.2 Å². The minimum Gasteiger partial charge on any atom is -0.489 e. The van der Waals surface area contributed by atoms with Crippen LogP contribution in [0.1, 0.15) is 27.0 Å². The molecule has 0 unspecified atom stereocenters. The molecule has 0 atom stereocenters. The van der Waals surface area contributed by atoms with Crippen LogP contribution in [0.15, 0.2) is 71.7 Å². The zero-order chi connectivity index (χ0) is 25.0.